The van der Waals surface area contributed by atoms with Crippen LogP contribution in [0.15, 0.2) is 65.9 Å². The number of alkyl carbamates (subject to hydrolysis) is 1. The van der Waals surface area contributed by atoms with Gasteiger partial charge in [-0.15, -0.1) is 11.3 Å². The Labute approximate surface area is 337 Å². The first-order valence-electron chi connectivity index (χ1n) is 20.3. The Hall–Kier alpha value is -5.76. The molecule has 1 unspecified atom stereocenters. The number of H-pyrrole nitrogens is 2. The maximum absolute atomic E-state index is 17.1. The van der Waals surface area contributed by atoms with Crippen LogP contribution >= 0.6 is 11.3 Å². The number of halogens is 1. The number of aromatic amines is 2. The van der Waals surface area contributed by atoms with Crippen molar-refractivity contribution in [2.24, 2.45) is 16.8 Å². The second-order valence-corrected chi connectivity index (χ2v) is 17.8. The lowest BCUT2D eigenvalue weighted by molar-refractivity contribution is -0.135. The molecule has 11 rings (SSSR count). The van der Waals surface area contributed by atoms with E-state index >= 15 is 4.39 Å². The quantitative estimate of drug-likeness (QED) is 0.134. The third-order valence-corrected chi connectivity index (χ3v) is 13.8. The van der Waals surface area contributed by atoms with Gasteiger partial charge in [-0.1, -0.05) is 26.0 Å². The maximum Gasteiger partial charge on any atom is 0.407 e. The Balaban J connectivity index is 0.939. The SMILES string of the molecule is COC(=O)N[C@H](C(=O)N1CCC[C@H]1c1ncc(-c2ccc3c(c2)OC(c2ccc(C4CC4)s2)n2c-3c(F)c3cc(-c4cnc(C5=N[C@@H]6C[C@@H]6C5)[nH]4)ccc32)[nH]1)C(C)C. The van der Waals surface area contributed by atoms with E-state index in [0.29, 0.717) is 52.6 Å². The van der Waals surface area contributed by atoms with Gasteiger partial charge >= 0.3 is 6.09 Å². The minimum absolute atomic E-state index is 0.133. The molecular weight excluding hydrogens is 756 g/mol. The van der Waals surface area contributed by atoms with Gasteiger partial charge in [-0.25, -0.2) is 19.2 Å². The van der Waals surface area contributed by atoms with E-state index < -0.39 is 18.4 Å². The molecule has 2 saturated carbocycles. The molecule has 3 aliphatic heterocycles. The number of imidazole rings is 2. The number of carbonyl (C=O) groups excluding carboxylic acids is 2. The molecule has 2 aliphatic carbocycles. The van der Waals surface area contributed by atoms with Crippen molar-refractivity contribution in [1.29, 1.82) is 0 Å². The standard InChI is InChI=1S/C44H43FN8O4S/c1-21(2)38(51-44(55)56-3)42(54)52-14-4-5-33(52)41-47-20-31(50-41)24-8-10-26-34(18-24)57-43(36-13-12-35(58-36)22-6-7-22)53-32-11-9-23(15-27(32)37(45)39(26)53)30-19-46-40(49-30)29-17-25-16-28(25)48-29/h8-13,15,18-22,25,28,33,38,43H,4-7,14,16-17H2,1-3H3,(H,46,49)(H,47,50)(H,51,55)/t25-,28-,33+,38+,43?/m1/s1. The van der Waals surface area contributed by atoms with Gasteiger partial charge in [0.25, 0.3) is 0 Å². The number of hydrogen-bond acceptors (Lipinski definition) is 8. The van der Waals surface area contributed by atoms with Crippen LogP contribution < -0.4 is 10.1 Å². The predicted octanol–water partition coefficient (Wildman–Crippen LogP) is 8.73. The normalized spacial score (nSPS) is 22.4. The van der Waals surface area contributed by atoms with E-state index in [9.17, 15) is 9.59 Å². The van der Waals surface area contributed by atoms with Crippen LogP contribution in [0, 0.1) is 17.7 Å². The average Bonchev–Trinajstić information content (AvgIpc) is 3.72. The highest BCUT2D eigenvalue weighted by molar-refractivity contribution is 7.12. The second kappa shape index (κ2) is 13.4. The lowest BCUT2D eigenvalue weighted by atomic mass is 10.0. The van der Waals surface area contributed by atoms with Crippen molar-refractivity contribution in [2.75, 3.05) is 13.7 Å². The third kappa shape index (κ3) is 5.85. The summed E-state index contributed by atoms with van der Waals surface area (Å²) in [5.41, 5.74) is 6.22. The fourth-order valence-electron chi connectivity index (χ4n) is 9.09. The van der Waals surface area contributed by atoms with Crippen LogP contribution in [-0.2, 0) is 9.53 Å². The van der Waals surface area contributed by atoms with E-state index in [1.807, 2.05) is 61.0 Å². The molecule has 3 N–H and O–H groups in total. The Morgan fingerprint density at radius 1 is 1.00 bits per heavy atom. The first kappa shape index (κ1) is 35.4. The molecule has 2 amide bonds. The van der Waals surface area contributed by atoms with Gasteiger partial charge in [0.05, 0.1) is 64.8 Å². The Bertz CT molecular complexity index is 2670. The minimum atomic E-state index is -0.722. The number of rotatable bonds is 9. The number of ether oxygens (including phenoxy) is 2. The van der Waals surface area contributed by atoms with Gasteiger partial charge in [0, 0.05) is 33.5 Å². The van der Waals surface area contributed by atoms with Crippen LogP contribution in [0.2, 0.25) is 0 Å². The molecule has 296 valence electrons. The summed E-state index contributed by atoms with van der Waals surface area (Å²) < 4.78 is 30.8. The zero-order chi connectivity index (χ0) is 39.4. The number of nitrogens with one attached hydrogen (secondary N) is 3. The summed E-state index contributed by atoms with van der Waals surface area (Å²) in [6.45, 7) is 4.36. The van der Waals surface area contributed by atoms with Crippen LogP contribution in [0.1, 0.15) is 92.0 Å². The van der Waals surface area contributed by atoms with Crippen molar-refractivity contribution in [2.45, 2.75) is 82.6 Å². The van der Waals surface area contributed by atoms with Gasteiger partial charge in [-0.2, -0.15) is 0 Å². The van der Waals surface area contributed by atoms with E-state index in [1.165, 1.54) is 31.2 Å². The van der Waals surface area contributed by atoms with Crippen molar-refractivity contribution in [1.82, 2.24) is 34.7 Å². The summed E-state index contributed by atoms with van der Waals surface area (Å²) in [6, 6.07) is 15.5. The van der Waals surface area contributed by atoms with Crippen LogP contribution in [0.25, 0.3) is 44.7 Å². The van der Waals surface area contributed by atoms with Crippen LogP contribution in [-0.4, -0.2) is 72.9 Å². The van der Waals surface area contributed by atoms with E-state index in [-0.39, 0.29) is 23.7 Å². The lowest BCUT2D eigenvalue weighted by Gasteiger charge is -2.30. The number of aliphatic imine (C=N–C) groups is 1. The molecule has 4 aromatic heterocycles. The van der Waals surface area contributed by atoms with E-state index in [4.69, 9.17) is 19.5 Å². The molecule has 58 heavy (non-hydrogen) atoms. The summed E-state index contributed by atoms with van der Waals surface area (Å²) >= 11 is 1.74. The van der Waals surface area contributed by atoms with E-state index in [2.05, 4.69) is 32.4 Å². The third-order valence-electron chi connectivity index (χ3n) is 12.5. The molecule has 2 aromatic carbocycles. The van der Waals surface area contributed by atoms with Crippen molar-refractivity contribution in [3.8, 4) is 39.5 Å². The molecule has 0 radical (unpaired) electrons. The largest absolute Gasteiger partial charge is 0.464 e. The van der Waals surface area contributed by atoms with Gasteiger partial charge < -0.3 is 29.7 Å². The number of likely N-dealkylation sites (tertiary alicyclic amines) is 1. The predicted molar refractivity (Wildman–Crippen MR) is 218 cm³/mol. The fraction of sp³-hybridized carbons (Fsp3) is 0.386. The van der Waals surface area contributed by atoms with Gasteiger partial charge in [0.1, 0.15) is 17.6 Å². The number of carbonyl (C=O) groups is 2. The van der Waals surface area contributed by atoms with Crippen molar-refractivity contribution in [3.63, 3.8) is 0 Å². The topological polar surface area (TPSA) is 143 Å². The first-order chi connectivity index (χ1) is 28.2. The number of fused-ring (bicyclic) bond motifs is 6. The number of hydrogen-bond donors (Lipinski definition) is 3. The monoisotopic (exact) mass is 798 g/mol. The summed E-state index contributed by atoms with van der Waals surface area (Å²) in [5.74, 6) is 2.70. The lowest BCUT2D eigenvalue weighted by Crippen LogP contribution is -2.51. The smallest absolute Gasteiger partial charge is 0.407 e. The summed E-state index contributed by atoms with van der Waals surface area (Å²) in [6.07, 6.45) is 8.47. The van der Waals surface area contributed by atoms with Gasteiger partial charge in [0.15, 0.2) is 11.6 Å². The van der Waals surface area contributed by atoms with Crippen LogP contribution in [0.5, 0.6) is 5.75 Å². The van der Waals surface area contributed by atoms with Crippen molar-refractivity contribution >= 4 is 40.0 Å². The molecule has 1 saturated heterocycles. The molecule has 5 atom stereocenters. The van der Waals surface area contributed by atoms with E-state index in [1.54, 1.807) is 22.4 Å². The molecule has 12 nitrogen and oxygen atoms in total. The maximum atomic E-state index is 17.1. The Morgan fingerprint density at radius 2 is 1.79 bits per heavy atom. The summed E-state index contributed by atoms with van der Waals surface area (Å²) in [7, 11) is 1.29. The average molecular weight is 799 g/mol. The van der Waals surface area contributed by atoms with Crippen LogP contribution in [0.3, 0.4) is 0 Å². The number of benzene rings is 2. The molecule has 14 heteroatoms. The van der Waals surface area contributed by atoms with Gasteiger partial charge in [0.2, 0.25) is 12.1 Å². The first-order valence-corrected chi connectivity index (χ1v) is 21.1. The number of thiophene rings is 1. The molecule has 0 spiro atoms. The molecular formula is C44H43FN8O4S. The number of methoxy groups -OCH3 is 1. The molecule has 6 aromatic rings. The van der Waals surface area contributed by atoms with Crippen molar-refractivity contribution in [3.05, 3.63) is 88.1 Å². The molecule has 5 aliphatic rings. The molecule has 3 fully saturated rings. The summed E-state index contributed by atoms with van der Waals surface area (Å²) in [4.78, 5) is 51.1. The number of amides is 2. The Morgan fingerprint density at radius 3 is 2.59 bits per heavy atom. The molecule has 7 heterocycles. The summed E-state index contributed by atoms with van der Waals surface area (Å²) in [5, 5.41) is 3.23. The number of aromatic nitrogens is 5. The van der Waals surface area contributed by atoms with Gasteiger partial charge in [-0.3, -0.25) is 14.4 Å². The highest BCUT2D eigenvalue weighted by Gasteiger charge is 2.44. The minimum Gasteiger partial charge on any atom is -0.464 e. The highest BCUT2D eigenvalue weighted by atomic mass is 32.1. The van der Waals surface area contributed by atoms with Crippen molar-refractivity contribution < 1.29 is 23.5 Å². The Kier molecular flexibility index (Phi) is 8.18. The zero-order valence-electron chi connectivity index (χ0n) is 32.4. The van der Waals surface area contributed by atoms with Gasteiger partial charge in [-0.05, 0) is 92.7 Å². The fourth-order valence-corrected chi connectivity index (χ4v) is 10.3. The molecule has 0 bridgehead atoms. The highest BCUT2D eigenvalue weighted by Crippen LogP contribution is 2.51. The second-order valence-electron chi connectivity index (χ2n) is 16.7. The van der Waals surface area contributed by atoms with E-state index in [0.717, 1.165) is 63.7 Å². The zero-order valence-corrected chi connectivity index (χ0v) is 33.2. The number of nitrogens with zero attached hydrogens (tertiary/aromatic N) is 5. The van der Waals surface area contributed by atoms with Crippen LogP contribution in [0.4, 0.5) is 9.18 Å².